The van der Waals surface area contributed by atoms with Crippen LogP contribution in [0.2, 0.25) is 0 Å². The number of carbonyl (C=O) groups excluding carboxylic acids is 1. The number of ether oxygens (including phenoxy) is 1. The lowest BCUT2D eigenvalue weighted by atomic mass is 9.89. The van der Waals surface area contributed by atoms with Gasteiger partial charge in [0.15, 0.2) is 6.61 Å². The zero-order valence-electron chi connectivity index (χ0n) is 12.9. The molecule has 4 heteroatoms. The topological polar surface area (TPSA) is 50.7 Å². The lowest BCUT2D eigenvalue weighted by Crippen LogP contribution is -2.27. The molecule has 4 nitrogen and oxygen atoms in total. The van der Waals surface area contributed by atoms with Crippen molar-refractivity contribution in [3.63, 3.8) is 0 Å². The quantitative estimate of drug-likeness (QED) is 0.845. The lowest BCUT2D eigenvalue weighted by molar-refractivity contribution is -0.123. The van der Waals surface area contributed by atoms with E-state index in [0.29, 0.717) is 11.7 Å². The number of aryl methyl sites for hydroxylation is 1. The van der Waals surface area contributed by atoms with Crippen LogP contribution in [0.5, 0.6) is 5.75 Å². The molecular formula is C17H24N2O2. The van der Waals surface area contributed by atoms with Crippen LogP contribution < -0.4 is 10.2 Å². The molecule has 1 amide bonds. The number of rotatable bonds is 5. The van der Waals surface area contributed by atoms with Crippen molar-refractivity contribution in [1.29, 1.82) is 0 Å². The summed E-state index contributed by atoms with van der Waals surface area (Å²) in [5.74, 6) is 1.17. The summed E-state index contributed by atoms with van der Waals surface area (Å²) >= 11 is 0. The van der Waals surface area contributed by atoms with Crippen molar-refractivity contribution in [3.8, 4) is 5.75 Å². The highest BCUT2D eigenvalue weighted by molar-refractivity contribution is 5.87. The number of hydrogen-bond donors (Lipinski definition) is 1. The maximum Gasteiger partial charge on any atom is 0.277 e. The third-order valence-corrected chi connectivity index (χ3v) is 3.79. The molecule has 1 N–H and O–H groups in total. The van der Waals surface area contributed by atoms with Gasteiger partial charge in [-0.05, 0) is 55.7 Å². The van der Waals surface area contributed by atoms with Gasteiger partial charge in [0.2, 0.25) is 0 Å². The lowest BCUT2D eigenvalue weighted by Gasteiger charge is -2.18. The molecule has 1 aliphatic rings. The Kier molecular flexibility index (Phi) is 5.78. The van der Waals surface area contributed by atoms with E-state index in [9.17, 15) is 4.79 Å². The minimum atomic E-state index is -0.208. The van der Waals surface area contributed by atoms with Gasteiger partial charge in [-0.2, -0.15) is 5.10 Å². The van der Waals surface area contributed by atoms with E-state index in [0.717, 1.165) is 31.4 Å². The number of amides is 1. The van der Waals surface area contributed by atoms with Crippen molar-refractivity contribution >= 4 is 11.6 Å². The predicted octanol–water partition coefficient (Wildman–Crippen LogP) is 3.31. The number of hydrogen-bond acceptors (Lipinski definition) is 3. The maximum absolute atomic E-state index is 11.7. The fourth-order valence-electron chi connectivity index (χ4n) is 2.51. The summed E-state index contributed by atoms with van der Waals surface area (Å²) in [6.07, 6.45) is 5.39. The van der Waals surface area contributed by atoms with Crippen molar-refractivity contribution in [2.75, 3.05) is 6.61 Å². The summed E-state index contributed by atoms with van der Waals surface area (Å²) in [6.45, 7) is 4.33. The standard InChI is InChI=1S/C17H24N2O2/c1-3-14-7-9-16(10-8-14)21-12-17(20)19-18-15-6-4-5-13(2)11-15/h7-10,13H,3-6,11-12H2,1-2H3,(H,19,20). The first-order valence-electron chi connectivity index (χ1n) is 7.73. The molecule has 1 aromatic carbocycles. The van der Waals surface area contributed by atoms with Crippen LogP contribution >= 0.6 is 0 Å². The Bertz CT molecular complexity index is 494. The Labute approximate surface area is 126 Å². The van der Waals surface area contributed by atoms with Crippen molar-refractivity contribution in [2.24, 2.45) is 11.0 Å². The van der Waals surface area contributed by atoms with Crippen LogP contribution in [-0.2, 0) is 11.2 Å². The summed E-state index contributed by atoms with van der Waals surface area (Å²) in [4.78, 5) is 11.7. The third-order valence-electron chi connectivity index (χ3n) is 3.79. The number of nitrogens with zero attached hydrogens (tertiary/aromatic N) is 1. The number of nitrogens with one attached hydrogen (secondary N) is 1. The number of benzene rings is 1. The van der Waals surface area contributed by atoms with Crippen molar-refractivity contribution in [2.45, 2.75) is 46.0 Å². The normalized spacial score (nSPS) is 20.3. The SMILES string of the molecule is CCc1ccc(OCC(=O)NN=C2CCCC(C)C2)cc1. The van der Waals surface area contributed by atoms with Gasteiger partial charge in [-0.3, -0.25) is 4.79 Å². The minimum Gasteiger partial charge on any atom is -0.484 e. The van der Waals surface area contributed by atoms with Gasteiger partial charge in [-0.25, -0.2) is 5.43 Å². The second-order valence-corrected chi connectivity index (χ2v) is 5.70. The molecule has 1 aromatic rings. The van der Waals surface area contributed by atoms with E-state index in [1.807, 2.05) is 24.3 Å². The van der Waals surface area contributed by atoms with Crippen LogP contribution in [0.3, 0.4) is 0 Å². The van der Waals surface area contributed by atoms with Crippen molar-refractivity contribution in [3.05, 3.63) is 29.8 Å². The molecule has 0 bridgehead atoms. The first kappa shape index (κ1) is 15.5. The highest BCUT2D eigenvalue weighted by Gasteiger charge is 2.14. The number of hydrazone groups is 1. The van der Waals surface area contributed by atoms with E-state index in [1.54, 1.807) is 0 Å². The summed E-state index contributed by atoms with van der Waals surface area (Å²) in [7, 11) is 0. The molecule has 0 heterocycles. The predicted molar refractivity (Wildman–Crippen MR) is 84.5 cm³/mol. The fourth-order valence-corrected chi connectivity index (χ4v) is 2.51. The number of carbonyl (C=O) groups is 1. The summed E-state index contributed by atoms with van der Waals surface area (Å²) in [5.41, 5.74) is 4.94. The van der Waals surface area contributed by atoms with Gasteiger partial charge in [-0.15, -0.1) is 0 Å². The van der Waals surface area contributed by atoms with E-state index in [1.165, 1.54) is 12.0 Å². The van der Waals surface area contributed by atoms with Gasteiger partial charge in [0.1, 0.15) is 5.75 Å². The Balaban J connectivity index is 1.75. The molecule has 0 saturated heterocycles. The first-order chi connectivity index (χ1) is 10.2. The molecular weight excluding hydrogens is 264 g/mol. The fraction of sp³-hybridized carbons (Fsp3) is 0.529. The van der Waals surface area contributed by atoms with Crippen LogP contribution in [0.4, 0.5) is 0 Å². The van der Waals surface area contributed by atoms with Gasteiger partial charge in [0.25, 0.3) is 5.91 Å². The smallest absolute Gasteiger partial charge is 0.277 e. The van der Waals surface area contributed by atoms with Gasteiger partial charge < -0.3 is 4.74 Å². The van der Waals surface area contributed by atoms with E-state index in [-0.39, 0.29) is 12.5 Å². The van der Waals surface area contributed by atoms with E-state index in [2.05, 4.69) is 24.4 Å². The Morgan fingerprint density at radius 3 is 2.81 bits per heavy atom. The van der Waals surface area contributed by atoms with E-state index in [4.69, 9.17) is 4.74 Å². The maximum atomic E-state index is 11.7. The molecule has 114 valence electrons. The molecule has 2 rings (SSSR count). The zero-order valence-corrected chi connectivity index (χ0v) is 12.9. The zero-order chi connectivity index (χ0) is 15.1. The van der Waals surface area contributed by atoms with Crippen molar-refractivity contribution < 1.29 is 9.53 Å². The van der Waals surface area contributed by atoms with Crippen LogP contribution in [0.15, 0.2) is 29.4 Å². The second kappa shape index (κ2) is 7.81. The molecule has 0 radical (unpaired) electrons. The molecule has 1 unspecified atom stereocenters. The Morgan fingerprint density at radius 2 is 2.14 bits per heavy atom. The van der Waals surface area contributed by atoms with Gasteiger partial charge in [0, 0.05) is 5.71 Å². The molecule has 21 heavy (non-hydrogen) atoms. The molecule has 1 saturated carbocycles. The summed E-state index contributed by atoms with van der Waals surface area (Å²) in [6, 6.07) is 7.80. The molecule has 0 aliphatic heterocycles. The van der Waals surface area contributed by atoms with Crippen LogP contribution in [0.1, 0.15) is 45.1 Å². The summed E-state index contributed by atoms with van der Waals surface area (Å²) < 4.78 is 5.45. The molecule has 0 aromatic heterocycles. The molecule has 1 fully saturated rings. The van der Waals surface area contributed by atoms with Crippen LogP contribution in [-0.4, -0.2) is 18.2 Å². The molecule has 1 atom stereocenters. The van der Waals surface area contributed by atoms with E-state index < -0.39 is 0 Å². The molecule has 1 aliphatic carbocycles. The third kappa shape index (κ3) is 5.21. The highest BCUT2D eigenvalue weighted by Crippen LogP contribution is 2.20. The van der Waals surface area contributed by atoms with Crippen LogP contribution in [0.25, 0.3) is 0 Å². The van der Waals surface area contributed by atoms with Gasteiger partial charge >= 0.3 is 0 Å². The van der Waals surface area contributed by atoms with E-state index >= 15 is 0 Å². The average molecular weight is 288 g/mol. The summed E-state index contributed by atoms with van der Waals surface area (Å²) in [5, 5.41) is 4.21. The Morgan fingerprint density at radius 1 is 1.38 bits per heavy atom. The van der Waals surface area contributed by atoms with Crippen LogP contribution in [0, 0.1) is 5.92 Å². The largest absolute Gasteiger partial charge is 0.484 e. The molecule has 0 spiro atoms. The second-order valence-electron chi connectivity index (χ2n) is 5.70. The first-order valence-corrected chi connectivity index (χ1v) is 7.73. The monoisotopic (exact) mass is 288 g/mol. The van der Waals surface area contributed by atoms with Crippen molar-refractivity contribution in [1.82, 2.24) is 5.43 Å². The Hall–Kier alpha value is -1.84. The van der Waals surface area contributed by atoms with Gasteiger partial charge in [-0.1, -0.05) is 26.0 Å². The van der Waals surface area contributed by atoms with Gasteiger partial charge in [0.05, 0.1) is 0 Å². The minimum absolute atomic E-state index is 0.00218. The average Bonchev–Trinajstić information content (AvgIpc) is 2.51. The highest BCUT2D eigenvalue weighted by atomic mass is 16.5.